The van der Waals surface area contributed by atoms with Crippen molar-refractivity contribution in [2.24, 2.45) is 0 Å². The number of hydrogen-bond donors (Lipinski definition) is 1. The molecule has 0 spiro atoms. The van der Waals surface area contributed by atoms with Crippen molar-refractivity contribution in [2.45, 2.75) is 52.1 Å². The van der Waals surface area contributed by atoms with Crippen LogP contribution in [0.5, 0.6) is 5.75 Å². The molecule has 2 aromatic heterocycles. The average molecular weight is 439 g/mol. The summed E-state index contributed by atoms with van der Waals surface area (Å²) >= 11 is 1.56. The van der Waals surface area contributed by atoms with Crippen LogP contribution in [0.2, 0.25) is 0 Å². The van der Waals surface area contributed by atoms with E-state index in [1.54, 1.807) is 30.8 Å². The van der Waals surface area contributed by atoms with Gasteiger partial charge in [-0.05, 0) is 48.4 Å². The summed E-state index contributed by atoms with van der Waals surface area (Å²) < 4.78 is 5.31. The van der Waals surface area contributed by atoms with Crippen molar-refractivity contribution in [3.8, 4) is 5.75 Å². The van der Waals surface area contributed by atoms with Crippen LogP contribution in [0.15, 0.2) is 54.2 Å². The van der Waals surface area contributed by atoms with Crippen molar-refractivity contribution in [1.82, 2.24) is 15.3 Å². The largest absolute Gasteiger partial charge is 0.497 e. The third kappa shape index (κ3) is 5.61. The second-order valence-electron chi connectivity index (χ2n) is 8.33. The van der Waals surface area contributed by atoms with Crippen molar-refractivity contribution in [3.63, 3.8) is 0 Å². The standard InChI is InChI=1S/C24H30N4O2S/c1-6-20(22(29)26-15-17-11-13-25-14-12-17)28(18-7-9-19(30-5)10-8-18)23-27-21(16-31-23)24(2,3)4/h7-14,16,20H,6,15H2,1-5H3,(H,26,29). The van der Waals surface area contributed by atoms with Crippen LogP contribution in [0.4, 0.5) is 10.8 Å². The lowest BCUT2D eigenvalue weighted by atomic mass is 9.93. The number of methoxy groups -OCH3 is 1. The molecule has 1 N–H and O–H groups in total. The third-order valence-electron chi connectivity index (χ3n) is 5.03. The summed E-state index contributed by atoms with van der Waals surface area (Å²) in [5.41, 5.74) is 2.86. The topological polar surface area (TPSA) is 67.4 Å². The van der Waals surface area contributed by atoms with Crippen molar-refractivity contribution in [2.75, 3.05) is 12.0 Å². The molecule has 164 valence electrons. The number of thiazole rings is 1. The van der Waals surface area contributed by atoms with E-state index >= 15 is 0 Å². The van der Waals surface area contributed by atoms with Gasteiger partial charge in [0, 0.05) is 35.4 Å². The molecule has 3 rings (SSSR count). The van der Waals surface area contributed by atoms with Gasteiger partial charge >= 0.3 is 0 Å². The van der Waals surface area contributed by atoms with Gasteiger partial charge in [0.1, 0.15) is 11.8 Å². The van der Waals surface area contributed by atoms with Gasteiger partial charge in [0.25, 0.3) is 0 Å². The zero-order valence-electron chi connectivity index (χ0n) is 18.8. The molecule has 1 atom stereocenters. The zero-order chi connectivity index (χ0) is 22.4. The highest BCUT2D eigenvalue weighted by Gasteiger charge is 2.29. The highest BCUT2D eigenvalue weighted by molar-refractivity contribution is 7.13. The Morgan fingerprint density at radius 2 is 1.84 bits per heavy atom. The summed E-state index contributed by atoms with van der Waals surface area (Å²) in [6, 6.07) is 11.2. The number of rotatable bonds is 8. The van der Waals surface area contributed by atoms with E-state index in [0.717, 1.165) is 27.8 Å². The second kappa shape index (κ2) is 9.92. The van der Waals surface area contributed by atoms with Gasteiger partial charge in [-0.3, -0.25) is 9.78 Å². The Morgan fingerprint density at radius 1 is 1.16 bits per heavy atom. The van der Waals surface area contributed by atoms with Crippen LogP contribution in [0, 0.1) is 0 Å². The lowest BCUT2D eigenvalue weighted by Crippen LogP contribution is -2.44. The van der Waals surface area contributed by atoms with E-state index in [2.05, 4.69) is 36.5 Å². The first-order chi connectivity index (χ1) is 14.8. The third-order valence-corrected chi connectivity index (χ3v) is 5.87. The Labute approximate surface area is 188 Å². The lowest BCUT2D eigenvalue weighted by molar-refractivity contribution is -0.122. The van der Waals surface area contributed by atoms with Gasteiger partial charge < -0.3 is 15.0 Å². The molecule has 6 nitrogen and oxygen atoms in total. The molecule has 0 aliphatic carbocycles. The van der Waals surface area contributed by atoms with E-state index < -0.39 is 6.04 Å². The minimum Gasteiger partial charge on any atom is -0.497 e. The van der Waals surface area contributed by atoms with Crippen molar-refractivity contribution in [1.29, 1.82) is 0 Å². The summed E-state index contributed by atoms with van der Waals surface area (Å²) in [7, 11) is 1.64. The summed E-state index contributed by atoms with van der Waals surface area (Å²) in [6.45, 7) is 8.90. The van der Waals surface area contributed by atoms with Crippen LogP contribution >= 0.6 is 11.3 Å². The highest BCUT2D eigenvalue weighted by Crippen LogP contribution is 2.35. The minimum atomic E-state index is -0.394. The van der Waals surface area contributed by atoms with E-state index in [0.29, 0.717) is 13.0 Å². The number of amides is 1. The number of nitrogens with zero attached hydrogens (tertiary/aromatic N) is 3. The number of hydrogen-bond acceptors (Lipinski definition) is 6. The molecule has 1 aromatic carbocycles. The predicted octanol–water partition coefficient (Wildman–Crippen LogP) is 5.08. The average Bonchev–Trinajstić information content (AvgIpc) is 3.27. The van der Waals surface area contributed by atoms with Crippen LogP contribution in [0.25, 0.3) is 0 Å². The monoisotopic (exact) mass is 438 g/mol. The number of aromatic nitrogens is 2. The fourth-order valence-electron chi connectivity index (χ4n) is 3.18. The molecule has 3 aromatic rings. The fourth-order valence-corrected chi connectivity index (χ4v) is 4.30. The van der Waals surface area contributed by atoms with Gasteiger partial charge in [-0.2, -0.15) is 0 Å². The first kappa shape index (κ1) is 22.7. The fraction of sp³-hybridized carbons (Fsp3) is 0.375. The molecular formula is C24H30N4O2S. The van der Waals surface area contributed by atoms with Crippen molar-refractivity contribution < 1.29 is 9.53 Å². The molecule has 0 aliphatic rings. The molecule has 7 heteroatoms. The highest BCUT2D eigenvalue weighted by atomic mass is 32.1. The number of anilines is 2. The van der Waals surface area contributed by atoms with Crippen molar-refractivity contribution in [3.05, 3.63) is 65.4 Å². The molecule has 0 bridgehead atoms. The number of pyridine rings is 1. The molecule has 0 radical (unpaired) electrons. The molecule has 0 aliphatic heterocycles. The van der Waals surface area contributed by atoms with E-state index in [1.165, 1.54) is 0 Å². The minimum absolute atomic E-state index is 0.0392. The molecule has 0 saturated heterocycles. The first-order valence-corrected chi connectivity index (χ1v) is 11.3. The summed E-state index contributed by atoms with van der Waals surface area (Å²) in [4.78, 5) is 24.2. The molecular weight excluding hydrogens is 408 g/mol. The Kier molecular flexibility index (Phi) is 7.28. The van der Waals surface area contributed by atoms with Gasteiger partial charge in [-0.25, -0.2) is 4.98 Å². The van der Waals surface area contributed by atoms with Crippen molar-refractivity contribution >= 4 is 28.1 Å². The van der Waals surface area contributed by atoms with E-state index in [4.69, 9.17) is 9.72 Å². The van der Waals surface area contributed by atoms with Crippen LogP contribution in [0.3, 0.4) is 0 Å². The van der Waals surface area contributed by atoms with Gasteiger partial charge in [-0.15, -0.1) is 11.3 Å². The number of nitrogens with one attached hydrogen (secondary N) is 1. The van der Waals surface area contributed by atoms with Crippen LogP contribution < -0.4 is 15.0 Å². The first-order valence-electron chi connectivity index (χ1n) is 10.4. The van der Waals surface area contributed by atoms with Gasteiger partial charge in [-0.1, -0.05) is 27.7 Å². The van der Waals surface area contributed by atoms with Gasteiger partial charge in [0.15, 0.2) is 5.13 Å². The van der Waals surface area contributed by atoms with Crippen LogP contribution in [-0.4, -0.2) is 29.0 Å². The smallest absolute Gasteiger partial charge is 0.243 e. The Balaban J connectivity index is 1.92. The molecule has 2 heterocycles. The van der Waals surface area contributed by atoms with Crippen LogP contribution in [0.1, 0.15) is 45.4 Å². The summed E-state index contributed by atoms with van der Waals surface area (Å²) in [6.07, 6.45) is 4.09. The van der Waals surface area contributed by atoms with Gasteiger partial charge in [0.2, 0.25) is 5.91 Å². The lowest BCUT2D eigenvalue weighted by Gasteiger charge is -2.30. The normalized spacial score (nSPS) is 12.3. The Hall–Kier alpha value is -2.93. The molecule has 1 unspecified atom stereocenters. The molecule has 0 saturated carbocycles. The number of carbonyl (C=O) groups is 1. The van der Waals surface area contributed by atoms with Crippen LogP contribution in [-0.2, 0) is 16.8 Å². The summed E-state index contributed by atoms with van der Waals surface area (Å²) in [5.74, 6) is 0.732. The molecule has 31 heavy (non-hydrogen) atoms. The Bertz CT molecular complexity index is 981. The molecule has 0 fully saturated rings. The molecule has 1 amide bonds. The SMILES string of the molecule is CCC(C(=O)NCc1ccncc1)N(c1ccc(OC)cc1)c1nc(C(C)(C)C)cs1. The van der Waals surface area contributed by atoms with E-state index in [1.807, 2.05) is 48.2 Å². The maximum atomic E-state index is 13.2. The van der Waals surface area contributed by atoms with E-state index in [-0.39, 0.29) is 11.3 Å². The quantitative estimate of drug-likeness (QED) is 0.531. The number of carbonyl (C=O) groups excluding carboxylic acids is 1. The second-order valence-corrected chi connectivity index (χ2v) is 9.17. The Morgan fingerprint density at radius 3 is 2.39 bits per heavy atom. The zero-order valence-corrected chi connectivity index (χ0v) is 19.6. The number of benzene rings is 1. The maximum absolute atomic E-state index is 13.2. The number of ether oxygens (including phenoxy) is 1. The predicted molar refractivity (Wildman–Crippen MR) is 126 cm³/mol. The van der Waals surface area contributed by atoms with Gasteiger partial charge in [0.05, 0.1) is 12.8 Å². The van der Waals surface area contributed by atoms with E-state index in [9.17, 15) is 4.79 Å². The maximum Gasteiger partial charge on any atom is 0.243 e. The summed E-state index contributed by atoms with van der Waals surface area (Å²) in [5, 5.41) is 5.96.